The van der Waals surface area contributed by atoms with Crippen LogP contribution >= 0.6 is 22.9 Å². The number of aryl methyl sites for hydroxylation is 1. The maximum Gasteiger partial charge on any atom is 0.409 e. The highest BCUT2D eigenvalue weighted by molar-refractivity contribution is 7.22. The molecule has 0 bridgehead atoms. The van der Waals surface area contributed by atoms with Crippen molar-refractivity contribution in [3.63, 3.8) is 0 Å². The molecule has 0 aliphatic carbocycles. The summed E-state index contributed by atoms with van der Waals surface area (Å²) in [5.41, 5.74) is 9.60. The lowest BCUT2D eigenvalue weighted by molar-refractivity contribution is 0.0920. The van der Waals surface area contributed by atoms with Crippen LogP contribution in [0, 0.1) is 6.92 Å². The third-order valence-corrected chi connectivity index (χ3v) is 7.64. The quantitative estimate of drug-likeness (QED) is 0.288. The number of hydrogen-bond donors (Lipinski definition) is 1. The van der Waals surface area contributed by atoms with Gasteiger partial charge < -0.3 is 29.4 Å². The van der Waals surface area contributed by atoms with E-state index in [1.807, 2.05) is 19.1 Å². The van der Waals surface area contributed by atoms with Gasteiger partial charge >= 0.3 is 6.09 Å². The number of nitrogens with zero attached hydrogens (tertiary/aromatic N) is 4. The molecule has 1 amide bonds. The van der Waals surface area contributed by atoms with Crippen LogP contribution in [0.4, 0.5) is 4.79 Å². The average Bonchev–Trinajstić information content (AvgIpc) is 3.39. The van der Waals surface area contributed by atoms with Crippen molar-refractivity contribution in [2.75, 3.05) is 20.8 Å². The Morgan fingerprint density at radius 3 is 2.80 bits per heavy atom. The largest absolute Gasteiger partial charge is 0.484 e. The number of fused-ring (bicyclic) bond motifs is 4. The Kier molecular flexibility index (Phi) is 6.64. The number of halogens is 1. The van der Waals surface area contributed by atoms with E-state index in [1.54, 1.807) is 19.4 Å². The van der Waals surface area contributed by atoms with Crippen LogP contribution in [0.5, 0.6) is 29.0 Å². The summed E-state index contributed by atoms with van der Waals surface area (Å²) in [5.74, 6) is 1.99. The molecule has 0 fully saturated rings. The first-order chi connectivity index (χ1) is 19.3. The fourth-order valence-electron chi connectivity index (χ4n) is 4.59. The van der Waals surface area contributed by atoms with Crippen LogP contribution in [-0.4, -0.2) is 53.0 Å². The molecular weight excluding hydrogens is 558 g/mol. The van der Waals surface area contributed by atoms with Gasteiger partial charge in [-0.1, -0.05) is 11.6 Å². The van der Waals surface area contributed by atoms with E-state index in [2.05, 4.69) is 15.0 Å². The maximum atomic E-state index is 11.4. The molecule has 0 unspecified atom stereocenters. The first kappa shape index (κ1) is 25.8. The van der Waals surface area contributed by atoms with E-state index in [4.69, 9.17) is 46.0 Å². The third kappa shape index (κ3) is 4.65. The maximum absolute atomic E-state index is 11.4. The molecule has 1 atom stereocenters. The summed E-state index contributed by atoms with van der Waals surface area (Å²) < 4.78 is 29.0. The fraction of sp³-hybridized carbons (Fsp3) is 0.222. The number of carbonyl (C=O) groups excluding carboxylic acids is 1. The Labute approximate surface area is 236 Å². The topological polar surface area (TPSA) is 141 Å². The third-order valence-electron chi connectivity index (χ3n) is 6.27. The number of ether oxygens (including phenoxy) is 5. The lowest BCUT2D eigenvalue weighted by Gasteiger charge is -2.27. The van der Waals surface area contributed by atoms with Crippen molar-refractivity contribution in [1.82, 2.24) is 19.9 Å². The van der Waals surface area contributed by atoms with E-state index in [9.17, 15) is 4.79 Å². The van der Waals surface area contributed by atoms with Crippen LogP contribution < -0.4 is 29.4 Å². The van der Waals surface area contributed by atoms with Gasteiger partial charge in [0.25, 0.3) is 0 Å². The number of aromatic nitrogens is 4. The molecule has 13 heteroatoms. The smallest absolute Gasteiger partial charge is 0.409 e. The lowest BCUT2D eigenvalue weighted by Crippen LogP contribution is -2.31. The molecule has 204 valence electrons. The van der Waals surface area contributed by atoms with E-state index in [0.29, 0.717) is 50.4 Å². The van der Waals surface area contributed by atoms with Crippen molar-refractivity contribution in [2.45, 2.75) is 19.4 Å². The Morgan fingerprint density at radius 2 is 2.02 bits per heavy atom. The summed E-state index contributed by atoms with van der Waals surface area (Å²) in [4.78, 5) is 29.6. The molecule has 0 saturated carbocycles. The van der Waals surface area contributed by atoms with Gasteiger partial charge in [-0.25, -0.2) is 24.7 Å². The summed E-state index contributed by atoms with van der Waals surface area (Å²) >= 11 is 8.12. The number of rotatable bonds is 6. The van der Waals surface area contributed by atoms with Gasteiger partial charge in [0.05, 0.1) is 42.0 Å². The zero-order chi connectivity index (χ0) is 28.0. The fourth-order valence-corrected chi connectivity index (χ4v) is 5.98. The van der Waals surface area contributed by atoms with Crippen molar-refractivity contribution >= 4 is 50.3 Å². The molecule has 0 spiro atoms. The summed E-state index contributed by atoms with van der Waals surface area (Å²) in [6.07, 6.45) is 1.93. The minimum atomic E-state index is -0.942. The number of thiazole rings is 1. The predicted molar refractivity (Wildman–Crippen MR) is 149 cm³/mol. The number of amides is 1. The van der Waals surface area contributed by atoms with Crippen LogP contribution in [0.1, 0.15) is 11.1 Å². The SMILES string of the molecule is COc1cnc2c(-c3nc4c(Cl)cc5c(c4s3)OC[C@@H](Cc3c(OC(N)=O)ccnc3OC)O5)cc(C)cc2n1. The Hall–Kier alpha value is -4.42. The number of hydrogen-bond acceptors (Lipinski definition) is 11. The van der Waals surface area contributed by atoms with Gasteiger partial charge in [0.15, 0.2) is 11.5 Å². The normalized spacial score (nSPS) is 14.3. The number of primary amides is 1. The molecule has 40 heavy (non-hydrogen) atoms. The second-order valence-electron chi connectivity index (χ2n) is 8.95. The standard InChI is InChI=1S/C27H22ClN5O6S/c1-12-6-15(21-17(7-12)32-20(35-2)10-31-21)26-33-22-16(28)9-19-23(24(22)40-26)37-11-13(38-19)8-14-18(39-27(29)34)4-5-30-25(14)36-3/h4-7,9-10,13H,8,11H2,1-3H3,(H2,29,34)/t13-/m1/s1. The van der Waals surface area contributed by atoms with Gasteiger partial charge in [0.2, 0.25) is 11.8 Å². The van der Waals surface area contributed by atoms with E-state index in [0.717, 1.165) is 20.8 Å². The van der Waals surface area contributed by atoms with E-state index in [1.165, 1.54) is 30.7 Å². The number of carbonyl (C=O) groups is 1. The van der Waals surface area contributed by atoms with Crippen molar-refractivity contribution in [3.05, 3.63) is 52.8 Å². The lowest BCUT2D eigenvalue weighted by atomic mass is 10.1. The summed E-state index contributed by atoms with van der Waals surface area (Å²) in [7, 11) is 3.03. The highest BCUT2D eigenvalue weighted by atomic mass is 35.5. The summed E-state index contributed by atoms with van der Waals surface area (Å²) in [5, 5.41) is 1.14. The molecule has 4 heterocycles. The first-order valence-electron chi connectivity index (χ1n) is 12.1. The van der Waals surface area contributed by atoms with Gasteiger partial charge in [-0.2, -0.15) is 0 Å². The van der Waals surface area contributed by atoms with E-state index >= 15 is 0 Å². The van der Waals surface area contributed by atoms with Crippen LogP contribution in [0.2, 0.25) is 5.02 Å². The van der Waals surface area contributed by atoms with Gasteiger partial charge in [-0.05, 0) is 30.7 Å². The van der Waals surface area contributed by atoms with Crippen molar-refractivity contribution in [1.29, 1.82) is 0 Å². The summed E-state index contributed by atoms with van der Waals surface area (Å²) in [6, 6.07) is 7.19. The van der Waals surface area contributed by atoms with Gasteiger partial charge in [-0.3, -0.25) is 0 Å². The van der Waals surface area contributed by atoms with Gasteiger partial charge in [-0.15, -0.1) is 11.3 Å². The molecule has 11 nitrogen and oxygen atoms in total. The summed E-state index contributed by atoms with van der Waals surface area (Å²) in [6.45, 7) is 2.20. The Bertz CT molecular complexity index is 1800. The van der Waals surface area contributed by atoms with Crippen LogP contribution in [0.3, 0.4) is 0 Å². The number of pyridine rings is 1. The molecule has 0 radical (unpaired) electrons. The minimum absolute atomic E-state index is 0.212. The Morgan fingerprint density at radius 1 is 1.18 bits per heavy atom. The van der Waals surface area contributed by atoms with E-state index < -0.39 is 12.2 Å². The second-order valence-corrected chi connectivity index (χ2v) is 10.4. The molecule has 0 saturated heterocycles. The molecule has 6 rings (SSSR count). The van der Waals surface area contributed by atoms with Crippen LogP contribution in [-0.2, 0) is 6.42 Å². The Balaban J connectivity index is 1.36. The van der Waals surface area contributed by atoms with E-state index in [-0.39, 0.29) is 18.8 Å². The molecule has 3 aromatic heterocycles. The zero-order valence-corrected chi connectivity index (χ0v) is 23.1. The van der Waals surface area contributed by atoms with Crippen LogP contribution in [0.25, 0.3) is 31.8 Å². The molecule has 5 aromatic rings. The van der Waals surface area contributed by atoms with Gasteiger partial charge in [0, 0.05) is 24.2 Å². The monoisotopic (exact) mass is 579 g/mol. The molecule has 1 aliphatic heterocycles. The highest BCUT2D eigenvalue weighted by Crippen LogP contribution is 2.47. The molecular formula is C27H22ClN5O6S. The van der Waals surface area contributed by atoms with Crippen molar-refractivity contribution in [3.8, 4) is 39.6 Å². The molecule has 2 N–H and O–H groups in total. The van der Waals surface area contributed by atoms with Gasteiger partial charge in [0.1, 0.15) is 33.7 Å². The molecule has 1 aliphatic rings. The number of nitrogens with two attached hydrogens (primary N) is 1. The number of benzene rings is 2. The number of methoxy groups -OCH3 is 2. The highest BCUT2D eigenvalue weighted by Gasteiger charge is 2.29. The first-order valence-corrected chi connectivity index (χ1v) is 13.3. The van der Waals surface area contributed by atoms with Crippen molar-refractivity contribution in [2.24, 2.45) is 5.73 Å². The van der Waals surface area contributed by atoms with Crippen LogP contribution in [0.15, 0.2) is 36.7 Å². The molecule has 2 aromatic carbocycles. The second kappa shape index (κ2) is 10.3. The predicted octanol–water partition coefficient (Wildman–Crippen LogP) is 5.12. The zero-order valence-electron chi connectivity index (χ0n) is 21.6. The average molecular weight is 580 g/mol. The van der Waals surface area contributed by atoms with Crippen molar-refractivity contribution < 1.29 is 28.5 Å². The minimum Gasteiger partial charge on any atom is -0.484 e.